The molecule has 142 valence electrons. The fraction of sp³-hybridized carbons (Fsp3) is 0.632. The third kappa shape index (κ3) is 4.33. The van der Waals surface area contributed by atoms with Gasteiger partial charge in [-0.2, -0.15) is 0 Å². The third-order valence-electron chi connectivity index (χ3n) is 5.31. The lowest BCUT2D eigenvalue weighted by Crippen LogP contribution is -2.56. The second kappa shape index (κ2) is 8.49. The second-order valence-electron chi connectivity index (χ2n) is 7.02. The van der Waals surface area contributed by atoms with E-state index in [0.29, 0.717) is 13.1 Å². The van der Waals surface area contributed by atoms with Crippen LogP contribution in [0.1, 0.15) is 25.5 Å². The van der Waals surface area contributed by atoms with E-state index in [-0.39, 0.29) is 24.3 Å². The Kier molecular flexibility index (Phi) is 6.08. The van der Waals surface area contributed by atoms with Crippen molar-refractivity contribution in [2.24, 2.45) is 0 Å². The molecule has 0 radical (unpaired) electrons. The number of likely N-dealkylation sites (N-methyl/N-ethyl adjacent to an activating group) is 1. The fourth-order valence-electron chi connectivity index (χ4n) is 3.81. The minimum absolute atomic E-state index is 0.0184. The van der Waals surface area contributed by atoms with Gasteiger partial charge in [0.2, 0.25) is 11.8 Å². The number of carbonyl (C=O) groups is 2. The van der Waals surface area contributed by atoms with Crippen molar-refractivity contribution in [1.29, 1.82) is 0 Å². The van der Waals surface area contributed by atoms with Crippen molar-refractivity contribution in [2.75, 3.05) is 50.7 Å². The van der Waals surface area contributed by atoms with E-state index >= 15 is 0 Å². The van der Waals surface area contributed by atoms with Crippen LogP contribution >= 0.6 is 0 Å². The molecule has 7 heteroatoms. The molecule has 0 aromatic carbocycles. The van der Waals surface area contributed by atoms with Gasteiger partial charge in [0.25, 0.3) is 0 Å². The van der Waals surface area contributed by atoms with Crippen molar-refractivity contribution in [2.45, 2.75) is 32.7 Å². The van der Waals surface area contributed by atoms with Gasteiger partial charge < -0.3 is 15.1 Å². The third-order valence-corrected chi connectivity index (χ3v) is 5.31. The average molecular weight is 359 g/mol. The molecule has 2 saturated heterocycles. The summed E-state index contributed by atoms with van der Waals surface area (Å²) in [6, 6.07) is 3.78. The SMILES string of the molecule is CCN1CCNC(=O)C1CC(=O)N1CCCN(c2ccnc(C)c2)CC1. The molecule has 1 atom stereocenters. The molecule has 2 aliphatic heterocycles. The second-order valence-corrected chi connectivity index (χ2v) is 7.02. The van der Waals surface area contributed by atoms with Gasteiger partial charge in [0.15, 0.2) is 0 Å². The van der Waals surface area contributed by atoms with E-state index in [2.05, 4.69) is 26.2 Å². The molecule has 1 aromatic heterocycles. The van der Waals surface area contributed by atoms with Gasteiger partial charge in [-0.05, 0) is 32.0 Å². The first-order valence-corrected chi connectivity index (χ1v) is 9.55. The van der Waals surface area contributed by atoms with Crippen LogP contribution in [0, 0.1) is 6.92 Å². The zero-order chi connectivity index (χ0) is 18.5. The Bertz CT molecular complexity index is 651. The highest BCUT2D eigenvalue weighted by atomic mass is 16.2. The van der Waals surface area contributed by atoms with Crippen molar-refractivity contribution < 1.29 is 9.59 Å². The summed E-state index contributed by atoms with van der Waals surface area (Å²) < 4.78 is 0. The van der Waals surface area contributed by atoms with Crippen molar-refractivity contribution in [1.82, 2.24) is 20.1 Å². The number of pyridine rings is 1. The fourth-order valence-corrected chi connectivity index (χ4v) is 3.81. The van der Waals surface area contributed by atoms with Gasteiger partial charge in [-0.25, -0.2) is 0 Å². The van der Waals surface area contributed by atoms with E-state index < -0.39 is 0 Å². The van der Waals surface area contributed by atoms with Crippen LogP contribution in [0.2, 0.25) is 0 Å². The summed E-state index contributed by atoms with van der Waals surface area (Å²) in [6.07, 6.45) is 3.04. The number of piperazine rings is 1. The summed E-state index contributed by atoms with van der Waals surface area (Å²) >= 11 is 0. The molecule has 3 rings (SSSR count). The van der Waals surface area contributed by atoms with Gasteiger partial charge in [-0.1, -0.05) is 6.92 Å². The van der Waals surface area contributed by atoms with Crippen LogP contribution in [0.15, 0.2) is 18.3 Å². The summed E-state index contributed by atoms with van der Waals surface area (Å²) in [5.74, 6) is 0.0634. The number of hydrogen-bond acceptors (Lipinski definition) is 5. The van der Waals surface area contributed by atoms with E-state index in [1.165, 1.54) is 0 Å². The number of carbonyl (C=O) groups excluding carboxylic acids is 2. The maximum Gasteiger partial charge on any atom is 0.237 e. The van der Waals surface area contributed by atoms with Crippen LogP contribution in [0.3, 0.4) is 0 Å². The number of nitrogens with one attached hydrogen (secondary N) is 1. The van der Waals surface area contributed by atoms with Gasteiger partial charge in [-0.3, -0.25) is 19.5 Å². The van der Waals surface area contributed by atoms with Crippen molar-refractivity contribution in [3.63, 3.8) is 0 Å². The van der Waals surface area contributed by atoms with Gasteiger partial charge in [0.1, 0.15) is 0 Å². The zero-order valence-electron chi connectivity index (χ0n) is 15.8. The van der Waals surface area contributed by atoms with Crippen molar-refractivity contribution in [3.05, 3.63) is 24.0 Å². The smallest absolute Gasteiger partial charge is 0.237 e. The lowest BCUT2D eigenvalue weighted by Gasteiger charge is -2.34. The Morgan fingerprint density at radius 1 is 1.27 bits per heavy atom. The maximum atomic E-state index is 12.8. The Hall–Kier alpha value is -2.15. The molecule has 7 nitrogen and oxygen atoms in total. The molecule has 26 heavy (non-hydrogen) atoms. The monoisotopic (exact) mass is 359 g/mol. The molecular weight excluding hydrogens is 330 g/mol. The van der Waals surface area contributed by atoms with Gasteiger partial charge in [-0.15, -0.1) is 0 Å². The van der Waals surface area contributed by atoms with Crippen LogP contribution in [0.4, 0.5) is 5.69 Å². The zero-order valence-corrected chi connectivity index (χ0v) is 15.8. The molecule has 1 aromatic rings. The van der Waals surface area contributed by atoms with E-state index in [1.54, 1.807) is 0 Å². The molecular formula is C19H29N5O2. The number of aryl methyl sites for hydroxylation is 1. The van der Waals surface area contributed by atoms with E-state index in [4.69, 9.17) is 0 Å². The molecule has 1 N–H and O–H groups in total. The molecule has 2 aliphatic rings. The molecule has 0 spiro atoms. The predicted molar refractivity (Wildman–Crippen MR) is 101 cm³/mol. The van der Waals surface area contributed by atoms with Gasteiger partial charge in [0, 0.05) is 56.8 Å². The normalized spacial score (nSPS) is 22.1. The Balaban J connectivity index is 1.59. The minimum Gasteiger partial charge on any atom is -0.370 e. The molecule has 0 bridgehead atoms. The van der Waals surface area contributed by atoms with E-state index in [9.17, 15) is 9.59 Å². The van der Waals surface area contributed by atoms with Crippen molar-refractivity contribution >= 4 is 17.5 Å². The first kappa shape index (κ1) is 18.6. The average Bonchev–Trinajstić information content (AvgIpc) is 2.89. The molecule has 1 unspecified atom stereocenters. The highest BCUT2D eigenvalue weighted by Gasteiger charge is 2.32. The molecule has 0 saturated carbocycles. The largest absolute Gasteiger partial charge is 0.370 e. The number of rotatable bonds is 4. The summed E-state index contributed by atoms with van der Waals surface area (Å²) in [4.78, 5) is 35.6. The van der Waals surface area contributed by atoms with Crippen LogP contribution < -0.4 is 10.2 Å². The van der Waals surface area contributed by atoms with Gasteiger partial charge in [0.05, 0.1) is 12.5 Å². The first-order chi connectivity index (χ1) is 12.6. The Labute approximate surface area is 155 Å². The number of aromatic nitrogens is 1. The summed E-state index contributed by atoms with van der Waals surface area (Å²) in [5, 5.41) is 2.89. The topological polar surface area (TPSA) is 68.8 Å². The highest BCUT2D eigenvalue weighted by molar-refractivity contribution is 5.88. The summed E-state index contributed by atoms with van der Waals surface area (Å²) in [6.45, 7) is 9.49. The van der Waals surface area contributed by atoms with Crippen LogP contribution in [0.25, 0.3) is 0 Å². The maximum absolute atomic E-state index is 12.8. The molecule has 2 amide bonds. The summed E-state index contributed by atoms with van der Waals surface area (Å²) in [5.41, 5.74) is 2.17. The first-order valence-electron chi connectivity index (χ1n) is 9.55. The number of nitrogens with zero attached hydrogens (tertiary/aromatic N) is 4. The van der Waals surface area contributed by atoms with Crippen molar-refractivity contribution in [3.8, 4) is 0 Å². The molecule has 0 aliphatic carbocycles. The van der Waals surface area contributed by atoms with Crippen LogP contribution in [-0.2, 0) is 9.59 Å². The predicted octanol–water partition coefficient (Wildman–Crippen LogP) is 0.639. The minimum atomic E-state index is -0.330. The molecule has 3 heterocycles. The van der Waals surface area contributed by atoms with E-state index in [0.717, 1.165) is 50.5 Å². The highest BCUT2D eigenvalue weighted by Crippen LogP contribution is 2.18. The standard InChI is InChI=1S/C19H29N5O2/c1-3-22-10-7-21-19(26)17(22)14-18(25)24-9-4-8-23(11-12-24)16-5-6-20-15(2)13-16/h5-6,13,17H,3-4,7-12,14H2,1-2H3,(H,21,26). The number of hydrogen-bond donors (Lipinski definition) is 1. The number of anilines is 1. The lowest BCUT2D eigenvalue weighted by atomic mass is 10.1. The lowest BCUT2D eigenvalue weighted by molar-refractivity contribution is -0.138. The van der Waals surface area contributed by atoms with E-state index in [1.807, 2.05) is 31.0 Å². The quantitative estimate of drug-likeness (QED) is 0.854. The van der Waals surface area contributed by atoms with Gasteiger partial charge >= 0.3 is 0 Å². The Morgan fingerprint density at radius 2 is 2.12 bits per heavy atom. The summed E-state index contributed by atoms with van der Waals surface area (Å²) in [7, 11) is 0. The van der Waals surface area contributed by atoms with Crippen LogP contribution in [0.5, 0.6) is 0 Å². The Morgan fingerprint density at radius 3 is 2.88 bits per heavy atom. The van der Waals surface area contributed by atoms with Crippen LogP contribution in [-0.4, -0.2) is 78.5 Å². The number of amides is 2. The molecule has 2 fully saturated rings.